The predicted molar refractivity (Wildman–Crippen MR) is 58.3 cm³/mol. The Bertz CT molecular complexity index is 477. The molecule has 0 bridgehead atoms. The highest BCUT2D eigenvalue weighted by Gasteiger charge is 2.06. The summed E-state index contributed by atoms with van der Waals surface area (Å²) in [5.74, 6) is 0.406. The van der Waals surface area contributed by atoms with Crippen LogP contribution in [-0.2, 0) is 0 Å². The lowest BCUT2D eigenvalue weighted by Crippen LogP contribution is -1.98. The standard InChI is InChI=1S/C11H11N3O/c1-7-6-9(14-11(12)13-7)8-4-2-3-5-10(8)15/h2-6,15H,1H3,(H2,12,13,14). The van der Waals surface area contributed by atoms with E-state index >= 15 is 0 Å². The Balaban J connectivity index is 2.59. The zero-order chi connectivity index (χ0) is 10.8. The number of phenolic OH excluding ortho intramolecular Hbond substituents is 1. The van der Waals surface area contributed by atoms with Crippen LogP contribution in [0.25, 0.3) is 11.3 Å². The molecule has 1 heterocycles. The molecule has 0 aliphatic carbocycles. The van der Waals surface area contributed by atoms with E-state index in [1.54, 1.807) is 24.3 Å². The summed E-state index contributed by atoms with van der Waals surface area (Å²) in [6.45, 7) is 1.83. The smallest absolute Gasteiger partial charge is 0.220 e. The maximum atomic E-state index is 9.64. The summed E-state index contributed by atoms with van der Waals surface area (Å²) in [4.78, 5) is 8.05. The van der Waals surface area contributed by atoms with E-state index in [0.717, 1.165) is 5.69 Å². The molecule has 0 fully saturated rings. The Labute approximate surface area is 87.4 Å². The Morgan fingerprint density at radius 2 is 1.93 bits per heavy atom. The van der Waals surface area contributed by atoms with E-state index in [-0.39, 0.29) is 11.7 Å². The topological polar surface area (TPSA) is 72.0 Å². The number of hydrogen-bond acceptors (Lipinski definition) is 4. The molecule has 0 amide bonds. The minimum absolute atomic E-state index is 0.190. The number of aromatic nitrogens is 2. The molecule has 76 valence electrons. The molecule has 0 atom stereocenters. The van der Waals surface area contributed by atoms with Crippen molar-refractivity contribution in [3.05, 3.63) is 36.0 Å². The largest absolute Gasteiger partial charge is 0.507 e. The summed E-state index contributed by atoms with van der Waals surface area (Å²) in [6.07, 6.45) is 0. The molecule has 0 radical (unpaired) electrons. The van der Waals surface area contributed by atoms with Gasteiger partial charge in [0.15, 0.2) is 0 Å². The van der Waals surface area contributed by atoms with Crippen molar-refractivity contribution < 1.29 is 5.11 Å². The fourth-order valence-electron chi connectivity index (χ4n) is 1.42. The molecule has 4 nitrogen and oxygen atoms in total. The van der Waals surface area contributed by atoms with Crippen molar-refractivity contribution in [2.24, 2.45) is 0 Å². The minimum Gasteiger partial charge on any atom is -0.507 e. The maximum Gasteiger partial charge on any atom is 0.220 e. The van der Waals surface area contributed by atoms with Crippen molar-refractivity contribution in [3.63, 3.8) is 0 Å². The van der Waals surface area contributed by atoms with Gasteiger partial charge in [0, 0.05) is 11.3 Å². The number of nitrogens with zero attached hydrogens (tertiary/aromatic N) is 2. The highest BCUT2D eigenvalue weighted by Crippen LogP contribution is 2.27. The summed E-state index contributed by atoms with van der Waals surface area (Å²) < 4.78 is 0. The van der Waals surface area contributed by atoms with E-state index in [9.17, 15) is 5.11 Å². The molecule has 4 heteroatoms. The molecular weight excluding hydrogens is 190 g/mol. The summed E-state index contributed by atoms with van der Waals surface area (Å²) in [5, 5.41) is 9.64. The second-order valence-corrected chi connectivity index (χ2v) is 3.27. The van der Waals surface area contributed by atoms with Crippen LogP contribution < -0.4 is 5.73 Å². The highest BCUT2D eigenvalue weighted by molar-refractivity contribution is 5.67. The van der Waals surface area contributed by atoms with E-state index < -0.39 is 0 Å². The van der Waals surface area contributed by atoms with Crippen LogP contribution in [0.5, 0.6) is 5.75 Å². The summed E-state index contributed by atoms with van der Waals surface area (Å²) in [6, 6.07) is 8.78. The molecular formula is C11H11N3O. The second kappa shape index (κ2) is 3.57. The van der Waals surface area contributed by atoms with Crippen LogP contribution in [0.3, 0.4) is 0 Å². The minimum atomic E-state index is 0.190. The molecule has 0 unspecified atom stereocenters. The Hall–Kier alpha value is -2.10. The van der Waals surface area contributed by atoms with Gasteiger partial charge in [0.25, 0.3) is 0 Å². The second-order valence-electron chi connectivity index (χ2n) is 3.27. The van der Waals surface area contributed by atoms with Gasteiger partial charge in [-0.1, -0.05) is 12.1 Å². The predicted octanol–water partition coefficient (Wildman–Crippen LogP) is 1.74. The third-order valence-electron chi connectivity index (χ3n) is 2.05. The van der Waals surface area contributed by atoms with E-state index in [1.807, 2.05) is 13.0 Å². The average Bonchev–Trinajstić information content (AvgIpc) is 2.16. The lowest BCUT2D eigenvalue weighted by molar-refractivity contribution is 0.477. The molecule has 15 heavy (non-hydrogen) atoms. The molecule has 0 spiro atoms. The van der Waals surface area contributed by atoms with E-state index in [2.05, 4.69) is 9.97 Å². The van der Waals surface area contributed by atoms with Gasteiger partial charge in [-0.25, -0.2) is 9.97 Å². The number of anilines is 1. The third kappa shape index (κ3) is 1.88. The van der Waals surface area contributed by atoms with Gasteiger partial charge in [-0.3, -0.25) is 0 Å². The molecule has 0 saturated carbocycles. The van der Waals surface area contributed by atoms with Crippen molar-refractivity contribution >= 4 is 5.95 Å². The molecule has 2 rings (SSSR count). The fourth-order valence-corrected chi connectivity index (χ4v) is 1.42. The van der Waals surface area contributed by atoms with Crippen LogP contribution in [0.15, 0.2) is 30.3 Å². The van der Waals surface area contributed by atoms with Crippen molar-refractivity contribution in [3.8, 4) is 17.0 Å². The van der Waals surface area contributed by atoms with Crippen molar-refractivity contribution in [1.82, 2.24) is 9.97 Å². The van der Waals surface area contributed by atoms with Crippen LogP contribution in [-0.4, -0.2) is 15.1 Å². The first-order valence-electron chi connectivity index (χ1n) is 4.56. The van der Waals surface area contributed by atoms with E-state index in [1.165, 1.54) is 0 Å². The fraction of sp³-hybridized carbons (Fsp3) is 0.0909. The van der Waals surface area contributed by atoms with E-state index in [4.69, 9.17) is 5.73 Å². The Morgan fingerprint density at radius 1 is 1.20 bits per heavy atom. The van der Waals surface area contributed by atoms with Crippen LogP contribution in [0.4, 0.5) is 5.95 Å². The first kappa shape index (κ1) is 9.45. The average molecular weight is 201 g/mol. The normalized spacial score (nSPS) is 10.2. The zero-order valence-electron chi connectivity index (χ0n) is 8.31. The van der Waals surface area contributed by atoms with Crippen LogP contribution in [0.1, 0.15) is 5.69 Å². The van der Waals surface area contributed by atoms with Crippen molar-refractivity contribution in [2.45, 2.75) is 6.92 Å². The SMILES string of the molecule is Cc1cc(-c2ccccc2O)nc(N)n1. The number of phenols is 1. The lowest BCUT2D eigenvalue weighted by atomic mass is 10.1. The molecule has 3 N–H and O–H groups in total. The number of rotatable bonds is 1. The number of nitrogens with two attached hydrogens (primary N) is 1. The quantitative estimate of drug-likeness (QED) is 0.737. The summed E-state index contributed by atoms with van der Waals surface area (Å²) in [5.41, 5.74) is 7.62. The summed E-state index contributed by atoms with van der Waals surface area (Å²) in [7, 11) is 0. The van der Waals surface area contributed by atoms with Crippen molar-refractivity contribution in [1.29, 1.82) is 0 Å². The van der Waals surface area contributed by atoms with Gasteiger partial charge in [-0.2, -0.15) is 0 Å². The van der Waals surface area contributed by atoms with Crippen LogP contribution in [0.2, 0.25) is 0 Å². The lowest BCUT2D eigenvalue weighted by Gasteiger charge is -2.04. The maximum absolute atomic E-state index is 9.64. The number of para-hydroxylation sites is 1. The molecule has 2 aromatic rings. The van der Waals surface area contributed by atoms with Gasteiger partial charge in [-0.15, -0.1) is 0 Å². The van der Waals surface area contributed by atoms with E-state index in [0.29, 0.717) is 11.3 Å². The highest BCUT2D eigenvalue weighted by atomic mass is 16.3. The number of hydrogen-bond donors (Lipinski definition) is 2. The monoisotopic (exact) mass is 201 g/mol. The number of nitrogen functional groups attached to an aromatic ring is 1. The molecule has 1 aromatic heterocycles. The zero-order valence-corrected chi connectivity index (χ0v) is 8.31. The summed E-state index contributed by atoms with van der Waals surface area (Å²) >= 11 is 0. The molecule has 0 aliphatic rings. The van der Waals surface area contributed by atoms with Gasteiger partial charge in [-0.05, 0) is 25.1 Å². The van der Waals surface area contributed by atoms with Crippen molar-refractivity contribution in [2.75, 3.05) is 5.73 Å². The third-order valence-corrected chi connectivity index (χ3v) is 2.05. The first-order chi connectivity index (χ1) is 7.16. The number of benzene rings is 1. The van der Waals surface area contributed by atoms with Gasteiger partial charge >= 0.3 is 0 Å². The van der Waals surface area contributed by atoms with Crippen LogP contribution in [0, 0.1) is 6.92 Å². The van der Waals surface area contributed by atoms with Gasteiger partial charge in [0.1, 0.15) is 5.75 Å². The molecule has 0 saturated heterocycles. The first-order valence-corrected chi connectivity index (χ1v) is 4.56. The van der Waals surface area contributed by atoms with Crippen LogP contribution >= 0.6 is 0 Å². The molecule has 1 aromatic carbocycles. The molecule has 0 aliphatic heterocycles. The van der Waals surface area contributed by atoms with Gasteiger partial charge in [0.2, 0.25) is 5.95 Å². The Morgan fingerprint density at radius 3 is 2.60 bits per heavy atom. The van der Waals surface area contributed by atoms with Gasteiger partial charge < -0.3 is 10.8 Å². The number of aromatic hydroxyl groups is 1. The Kier molecular flexibility index (Phi) is 2.25. The number of aryl methyl sites for hydroxylation is 1. The van der Waals surface area contributed by atoms with Gasteiger partial charge in [0.05, 0.1) is 5.69 Å².